The summed E-state index contributed by atoms with van der Waals surface area (Å²) in [5, 5.41) is 9.64. The second-order valence-electron chi connectivity index (χ2n) is 18.1. The van der Waals surface area contributed by atoms with Crippen molar-refractivity contribution in [3.05, 3.63) is 243 Å². The van der Waals surface area contributed by atoms with Gasteiger partial charge in [0, 0.05) is 65.7 Å². The van der Waals surface area contributed by atoms with Crippen LogP contribution in [-0.2, 0) is 0 Å². The molecule has 6 heteroatoms. The van der Waals surface area contributed by atoms with E-state index in [0.717, 1.165) is 67.6 Å². The second-order valence-corrected chi connectivity index (χ2v) is 18.1. The zero-order valence-corrected chi connectivity index (χ0v) is 37.8. The predicted molar refractivity (Wildman–Crippen MR) is 290 cm³/mol. The van der Waals surface area contributed by atoms with Crippen LogP contribution in [0.15, 0.2) is 243 Å². The van der Waals surface area contributed by atoms with Crippen LogP contribution in [0, 0.1) is 0 Å². The third-order valence-electron chi connectivity index (χ3n) is 14.3. The van der Waals surface area contributed by atoms with E-state index < -0.39 is 0 Å². The van der Waals surface area contributed by atoms with Crippen LogP contribution in [0.4, 0.5) is 0 Å². The number of fused-ring (bicyclic) bond motifs is 14. The molecule has 15 rings (SSSR count). The minimum atomic E-state index is 0.819. The molecule has 15 aromatic rings. The number of nitrogens with zero attached hydrogens (tertiary/aromatic N) is 6. The van der Waals surface area contributed by atoms with Gasteiger partial charge in [0.25, 0.3) is 0 Å². The number of rotatable bonds is 6. The molecule has 0 atom stereocenters. The molecule has 0 fully saturated rings. The van der Waals surface area contributed by atoms with Crippen molar-refractivity contribution in [2.45, 2.75) is 0 Å². The van der Waals surface area contributed by atoms with Gasteiger partial charge in [-0.25, -0.2) is 9.97 Å². The van der Waals surface area contributed by atoms with Crippen molar-refractivity contribution in [1.29, 1.82) is 0 Å². The fraction of sp³-hybridized carbons (Fsp3) is 0. The van der Waals surface area contributed by atoms with E-state index >= 15 is 0 Å². The van der Waals surface area contributed by atoms with Gasteiger partial charge >= 0.3 is 0 Å². The third kappa shape index (κ3) is 5.56. The van der Waals surface area contributed by atoms with Crippen molar-refractivity contribution in [2.24, 2.45) is 0 Å². The summed E-state index contributed by atoms with van der Waals surface area (Å²) in [7, 11) is 0. The number of hydrogen-bond acceptors (Lipinski definition) is 2. The molecule has 0 aliphatic heterocycles. The van der Waals surface area contributed by atoms with Crippen LogP contribution in [0.3, 0.4) is 0 Å². The standard InChI is InChI=1S/C64H40N6/c1-3-18-41(19-4-1)51-28-16-29-52(65-51)53-30-17-35-60(66-53)70-55-32-12-8-25-46(55)48-37-39-59-62(64(48)70)50-27-10-14-34-57(50)68(59)43-22-15-23-44(40-43)69-54-31-11-7-24-45(54)47-36-38-58-61(63(47)69)49-26-9-13-33-56(49)67(58)42-20-5-2-6-21-42/h1-40H. The van der Waals surface area contributed by atoms with Gasteiger partial charge in [-0.15, -0.1) is 0 Å². The summed E-state index contributed by atoms with van der Waals surface area (Å²) in [5.74, 6) is 0.841. The summed E-state index contributed by atoms with van der Waals surface area (Å²) in [6, 6.07) is 87.1. The van der Waals surface area contributed by atoms with Gasteiger partial charge < -0.3 is 13.7 Å². The average Bonchev–Trinajstić information content (AvgIpc) is 4.16. The maximum absolute atomic E-state index is 5.41. The zero-order valence-electron chi connectivity index (χ0n) is 37.8. The zero-order chi connectivity index (χ0) is 45.9. The summed E-state index contributed by atoms with van der Waals surface area (Å²) in [6.45, 7) is 0. The molecule has 0 radical (unpaired) electrons. The fourth-order valence-electron chi connectivity index (χ4n) is 11.5. The number of pyridine rings is 2. The molecule has 6 heterocycles. The Morgan fingerprint density at radius 2 is 0.671 bits per heavy atom. The molecule has 0 unspecified atom stereocenters. The van der Waals surface area contributed by atoms with E-state index in [2.05, 4.69) is 255 Å². The molecule has 0 bridgehead atoms. The Hall–Kier alpha value is -9.52. The first-order valence-corrected chi connectivity index (χ1v) is 23.8. The third-order valence-corrected chi connectivity index (χ3v) is 14.3. The van der Waals surface area contributed by atoms with Gasteiger partial charge in [0.1, 0.15) is 5.82 Å². The Kier molecular flexibility index (Phi) is 8.26. The van der Waals surface area contributed by atoms with Crippen LogP contribution in [0.1, 0.15) is 0 Å². The Bertz CT molecular complexity index is 4590. The van der Waals surface area contributed by atoms with Crippen LogP contribution in [0.5, 0.6) is 0 Å². The Morgan fingerprint density at radius 1 is 0.243 bits per heavy atom. The first kappa shape index (κ1) is 38.6. The molecule has 0 saturated carbocycles. The summed E-state index contributed by atoms with van der Waals surface area (Å²) in [6.07, 6.45) is 0. The first-order chi connectivity index (χ1) is 34.8. The lowest BCUT2D eigenvalue weighted by Gasteiger charge is -2.14. The van der Waals surface area contributed by atoms with Gasteiger partial charge in [-0.2, -0.15) is 0 Å². The highest BCUT2D eigenvalue weighted by Crippen LogP contribution is 2.45. The summed E-state index contributed by atoms with van der Waals surface area (Å²) >= 11 is 0. The van der Waals surface area contributed by atoms with E-state index in [1.165, 1.54) is 65.2 Å². The molecule has 0 aliphatic rings. The van der Waals surface area contributed by atoms with Crippen molar-refractivity contribution in [3.8, 4) is 45.5 Å². The molecule has 6 nitrogen and oxygen atoms in total. The van der Waals surface area contributed by atoms with E-state index in [-0.39, 0.29) is 0 Å². The maximum atomic E-state index is 5.41. The van der Waals surface area contributed by atoms with Crippen LogP contribution < -0.4 is 0 Å². The Morgan fingerprint density at radius 3 is 1.30 bits per heavy atom. The van der Waals surface area contributed by atoms with Gasteiger partial charge in [-0.1, -0.05) is 152 Å². The maximum Gasteiger partial charge on any atom is 0.138 e. The number of para-hydroxylation sites is 5. The molecule has 70 heavy (non-hydrogen) atoms. The van der Waals surface area contributed by atoms with Crippen LogP contribution in [0.2, 0.25) is 0 Å². The van der Waals surface area contributed by atoms with Gasteiger partial charge in [0.15, 0.2) is 0 Å². The molecule has 0 spiro atoms. The molecular formula is C64H40N6. The molecular weight excluding hydrogens is 853 g/mol. The lowest BCUT2D eigenvalue weighted by atomic mass is 10.1. The van der Waals surface area contributed by atoms with Crippen molar-refractivity contribution >= 4 is 87.2 Å². The summed E-state index contributed by atoms with van der Waals surface area (Å²) in [5.41, 5.74) is 16.2. The van der Waals surface area contributed by atoms with E-state index in [1.807, 2.05) is 6.07 Å². The highest BCUT2D eigenvalue weighted by atomic mass is 15.1. The molecule has 0 N–H and O–H groups in total. The Labute approximate surface area is 401 Å². The molecule has 6 aromatic heterocycles. The topological polar surface area (TPSA) is 45.5 Å². The largest absolute Gasteiger partial charge is 0.309 e. The van der Waals surface area contributed by atoms with Crippen molar-refractivity contribution in [3.63, 3.8) is 0 Å². The fourth-order valence-corrected chi connectivity index (χ4v) is 11.5. The minimum absolute atomic E-state index is 0.819. The smallest absolute Gasteiger partial charge is 0.138 e. The van der Waals surface area contributed by atoms with Gasteiger partial charge in [-0.05, 0) is 91.0 Å². The molecule has 0 saturated heterocycles. The van der Waals surface area contributed by atoms with Gasteiger partial charge in [0.2, 0.25) is 0 Å². The highest BCUT2D eigenvalue weighted by Gasteiger charge is 2.24. The normalized spacial score (nSPS) is 12.0. The molecule has 0 aliphatic carbocycles. The van der Waals surface area contributed by atoms with Crippen LogP contribution >= 0.6 is 0 Å². The summed E-state index contributed by atoms with van der Waals surface area (Å²) < 4.78 is 9.71. The van der Waals surface area contributed by atoms with Gasteiger partial charge in [0.05, 0.1) is 61.2 Å². The van der Waals surface area contributed by atoms with E-state index in [9.17, 15) is 0 Å². The van der Waals surface area contributed by atoms with Crippen LogP contribution in [-0.4, -0.2) is 28.2 Å². The molecule has 0 amide bonds. The molecule has 326 valence electrons. The number of hydrogen-bond donors (Lipinski definition) is 0. The predicted octanol–water partition coefficient (Wildman–Crippen LogP) is 16.2. The van der Waals surface area contributed by atoms with E-state index in [1.54, 1.807) is 0 Å². The van der Waals surface area contributed by atoms with E-state index in [4.69, 9.17) is 9.97 Å². The van der Waals surface area contributed by atoms with Crippen molar-refractivity contribution in [2.75, 3.05) is 0 Å². The minimum Gasteiger partial charge on any atom is -0.309 e. The molecule has 9 aromatic carbocycles. The number of benzene rings is 9. The van der Waals surface area contributed by atoms with E-state index in [0.29, 0.717) is 0 Å². The van der Waals surface area contributed by atoms with Crippen molar-refractivity contribution < 1.29 is 0 Å². The lowest BCUT2D eigenvalue weighted by Crippen LogP contribution is -2.00. The van der Waals surface area contributed by atoms with Crippen molar-refractivity contribution in [1.82, 2.24) is 28.2 Å². The number of aromatic nitrogens is 6. The lowest BCUT2D eigenvalue weighted by molar-refractivity contribution is 1.08. The second kappa shape index (κ2) is 15.0. The quantitative estimate of drug-likeness (QED) is 0.167. The Balaban J connectivity index is 0.972. The average molecular weight is 893 g/mol. The van der Waals surface area contributed by atoms with Crippen LogP contribution in [0.25, 0.3) is 133 Å². The van der Waals surface area contributed by atoms with Gasteiger partial charge in [-0.3, -0.25) is 4.57 Å². The highest BCUT2D eigenvalue weighted by molar-refractivity contribution is 6.27. The first-order valence-electron chi connectivity index (χ1n) is 23.8. The SMILES string of the molecule is c1ccc(-c2cccc(-c3cccc(-n4c5ccccc5c5ccc6c(c7ccccc7n6-c6cccc(-n7c8ccccc8c8ccc9c(c%10ccccc%10n9-c9ccccc9)c87)c6)c54)n3)n2)cc1. The monoisotopic (exact) mass is 892 g/mol. The summed E-state index contributed by atoms with van der Waals surface area (Å²) in [4.78, 5) is 10.5.